The Balaban J connectivity index is 2.58. The summed E-state index contributed by atoms with van der Waals surface area (Å²) in [5.74, 6) is 6.64. The van der Waals surface area contributed by atoms with Crippen LogP contribution in [0.2, 0.25) is 0 Å². The van der Waals surface area contributed by atoms with Gasteiger partial charge in [0.05, 0.1) is 5.92 Å². The molecule has 5 N–H and O–H groups in total. The molecule has 1 aromatic carbocycles. The summed E-state index contributed by atoms with van der Waals surface area (Å²) in [5, 5.41) is 0. The zero-order valence-electron chi connectivity index (χ0n) is 9.98. The van der Waals surface area contributed by atoms with Gasteiger partial charge in [-0.05, 0) is 18.1 Å². The van der Waals surface area contributed by atoms with Crippen molar-refractivity contribution in [2.75, 3.05) is 12.3 Å². The number of rotatable bonds is 6. The van der Waals surface area contributed by atoms with Crippen LogP contribution in [0.25, 0.3) is 0 Å². The van der Waals surface area contributed by atoms with Gasteiger partial charge in [-0.1, -0.05) is 24.3 Å². The van der Waals surface area contributed by atoms with Crippen molar-refractivity contribution < 1.29 is 4.79 Å². The van der Waals surface area contributed by atoms with Gasteiger partial charge in [0, 0.05) is 18.1 Å². The number of carbonyl (C=O) groups excluding carboxylic acids is 1. The molecule has 0 radical (unpaired) electrons. The lowest BCUT2D eigenvalue weighted by atomic mass is 10.00. The fourth-order valence-corrected chi connectivity index (χ4v) is 2.19. The van der Waals surface area contributed by atoms with Crippen LogP contribution in [0.1, 0.15) is 24.0 Å². The van der Waals surface area contributed by atoms with E-state index in [4.69, 9.17) is 11.6 Å². The summed E-state index contributed by atoms with van der Waals surface area (Å²) in [6, 6.07) is 8.02. The van der Waals surface area contributed by atoms with Crippen molar-refractivity contribution in [1.82, 2.24) is 5.43 Å². The largest absolute Gasteiger partial charge is 0.330 e. The number of hydrazine groups is 1. The fourth-order valence-electron chi connectivity index (χ4n) is 1.45. The van der Waals surface area contributed by atoms with Gasteiger partial charge in [0.15, 0.2) is 0 Å². The lowest BCUT2D eigenvalue weighted by Gasteiger charge is -2.10. The quantitative estimate of drug-likeness (QED) is 0.305. The summed E-state index contributed by atoms with van der Waals surface area (Å²) < 4.78 is 0. The van der Waals surface area contributed by atoms with Crippen LogP contribution in [0, 0.1) is 0 Å². The second-order valence-electron chi connectivity index (χ2n) is 3.81. The zero-order valence-corrected chi connectivity index (χ0v) is 10.8. The van der Waals surface area contributed by atoms with Crippen LogP contribution in [-0.2, 0) is 10.5 Å². The second-order valence-corrected chi connectivity index (χ2v) is 4.92. The van der Waals surface area contributed by atoms with Crippen molar-refractivity contribution in [1.29, 1.82) is 0 Å². The van der Waals surface area contributed by atoms with Gasteiger partial charge in [-0.3, -0.25) is 10.2 Å². The van der Waals surface area contributed by atoms with Gasteiger partial charge in [-0.25, -0.2) is 5.84 Å². The normalized spacial score (nSPS) is 12.2. The minimum atomic E-state index is -0.217. The molecule has 94 valence electrons. The third-order valence-corrected chi connectivity index (χ3v) is 3.61. The highest BCUT2D eigenvalue weighted by Crippen LogP contribution is 2.18. The van der Waals surface area contributed by atoms with E-state index in [1.165, 1.54) is 5.56 Å². The number of thioether (sulfide) groups is 1. The molecule has 4 nitrogen and oxygen atoms in total. The average Bonchev–Trinajstić information content (AvgIpc) is 2.38. The Hall–Kier alpha value is -1.04. The molecule has 0 spiro atoms. The monoisotopic (exact) mass is 253 g/mol. The number of hydrogen-bond acceptors (Lipinski definition) is 4. The SMILES string of the molecule is CC(C(=O)NN)c1ccc(CSCCN)cc1. The Labute approximate surface area is 106 Å². The maximum absolute atomic E-state index is 11.4. The first kappa shape index (κ1) is 14.0. The highest BCUT2D eigenvalue weighted by molar-refractivity contribution is 7.98. The Morgan fingerprint density at radius 3 is 2.59 bits per heavy atom. The van der Waals surface area contributed by atoms with Gasteiger partial charge in [-0.2, -0.15) is 11.8 Å². The molecule has 5 heteroatoms. The number of hydrogen-bond donors (Lipinski definition) is 3. The van der Waals surface area contributed by atoms with E-state index in [9.17, 15) is 4.79 Å². The van der Waals surface area contributed by atoms with E-state index < -0.39 is 0 Å². The molecule has 1 atom stereocenters. The number of benzene rings is 1. The third kappa shape index (κ3) is 4.38. The molecule has 1 unspecified atom stereocenters. The van der Waals surface area contributed by atoms with E-state index in [0.717, 1.165) is 17.1 Å². The molecule has 1 aromatic rings. The number of amides is 1. The van der Waals surface area contributed by atoms with Gasteiger partial charge in [0.1, 0.15) is 0 Å². The van der Waals surface area contributed by atoms with Crippen LogP contribution in [0.5, 0.6) is 0 Å². The summed E-state index contributed by atoms with van der Waals surface area (Å²) in [5.41, 5.74) is 9.81. The van der Waals surface area contributed by atoms with E-state index in [-0.39, 0.29) is 11.8 Å². The maximum atomic E-state index is 11.4. The smallest absolute Gasteiger partial charge is 0.241 e. The topological polar surface area (TPSA) is 81.1 Å². The number of carbonyl (C=O) groups is 1. The van der Waals surface area contributed by atoms with Gasteiger partial charge in [0.25, 0.3) is 0 Å². The van der Waals surface area contributed by atoms with Gasteiger partial charge in [0.2, 0.25) is 5.91 Å². The Morgan fingerprint density at radius 1 is 1.41 bits per heavy atom. The lowest BCUT2D eigenvalue weighted by Crippen LogP contribution is -2.33. The average molecular weight is 253 g/mol. The number of nitrogens with one attached hydrogen (secondary N) is 1. The minimum Gasteiger partial charge on any atom is -0.330 e. The van der Waals surface area contributed by atoms with E-state index in [1.807, 2.05) is 43.0 Å². The summed E-state index contributed by atoms with van der Waals surface area (Å²) >= 11 is 1.81. The summed E-state index contributed by atoms with van der Waals surface area (Å²) in [6.45, 7) is 2.54. The molecule has 0 bridgehead atoms. The molecule has 0 aliphatic rings. The Bertz CT molecular complexity index is 353. The first-order valence-electron chi connectivity index (χ1n) is 5.56. The molecule has 1 rings (SSSR count). The molecule has 0 aromatic heterocycles. The summed E-state index contributed by atoms with van der Waals surface area (Å²) in [6.07, 6.45) is 0. The molecule has 0 saturated heterocycles. The van der Waals surface area contributed by atoms with E-state index >= 15 is 0 Å². The molecule has 0 aliphatic heterocycles. The van der Waals surface area contributed by atoms with Gasteiger partial charge < -0.3 is 5.73 Å². The van der Waals surface area contributed by atoms with Crippen LogP contribution in [-0.4, -0.2) is 18.2 Å². The first-order chi connectivity index (χ1) is 8.19. The molecule has 0 heterocycles. The summed E-state index contributed by atoms with van der Waals surface area (Å²) in [7, 11) is 0. The van der Waals surface area contributed by atoms with Crippen molar-refractivity contribution in [2.45, 2.75) is 18.6 Å². The van der Waals surface area contributed by atoms with Crippen LogP contribution < -0.4 is 17.0 Å². The molecule has 17 heavy (non-hydrogen) atoms. The van der Waals surface area contributed by atoms with Crippen molar-refractivity contribution >= 4 is 17.7 Å². The van der Waals surface area contributed by atoms with Crippen LogP contribution in [0.4, 0.5) is 0 Å². The molecule has 0 aliphatic carbocycles. The highest BCUT2D eigenvalue weighted by Gasteiger charge is 2.13. The lowest BCUT2D eigenvalue weighted by molar-refractivity contribution is -0.122. The standard InChI is InChI=1S/C12H19N3OS/c1-9(12(16)15-14)11-4-2-10(3-5-11)8-17-7-6-13/h2-5,9H,6-8,13-14H2,1H3,(H,15,16). The van der Waals surface area contributed by atoms with Crippen LogP contribution >= 0.6 is 11.8 Å². The second kappa shape index (κ2) is 7.32. The molecule has 1 amide bonds. The first-order valence-corrected chi connectivity index (χ1v) is 6.71. The van der Waals surface area contributed by atoms with Gasteiger partial charge in [-0.15, -0.1) is 0 Å². The Kier molecular flexibility index (Phi) is 6.04. The highest BCUT2D eigenvalue weighted by atomic mass is 32.2. The third-order valence-electron chi connectivity index (χ3n) is 2.55. The van der Waals surface area contributed by atoms with E-state index in [0.29, 0.717) is 6.54 Å². The molecular weight excluding hydrogens is 234 g/mol. The van der Waals surface area contributed by atoms with E-state index in [1.54, 1.807) is 0 Å². The van der Waals surface area contributed by atoms with Crippen molar-refractivity contribution in [3.63, 3.8) is 0 Å². The predicted octanol–water partition coefficient (Wildman–Crippen LogP) is 0.972. The van der Waals surface area contributed by atoms with Crippen molar-refractivity contribution in [3.8, 4) is 0 Å². The van der Waals surface area contributed by atoms with Crippen LogP contribution in [0.3, 0.4) is 0 Å². The van der Waals surface area contributed by atoms with Crippen molar-refractivity contribution in [3.05, 3.63) is 35.4 Å². The van der Waals surface area contributed by atoms with Crippen LogP contribution in [0.15, 0.2) is 24.3 Å². The maximum Gasteiger partial charge on any atom is 0.241 e. The zero-order chi connectivity index (χ0) is 12.7. The molecule has 0 fully saturated rings. The fraction of sp³-hybridized carbons (Fsp3) is 0.417. The molecular formula is C12H19N3OS. The van der Waals surface area contributed by atoms with E-state index in [2.05, 4.69) is 5.43 Å². The van der Waals surface area contributed by atoms with Gasteiger partial charge >= 0.3 is 0 Å². The number of nitrogens with two attached hydrogens (primary N) is 2. The predicted molar refractivity (Wildman–Crippen MR) is 72.4 cm³/mol. The van der Waals surface area contributed by atoms with Crippen molar-refractivity contribution in [2.24, 2.45) is 11.6 Å². The molecule has 0 saturated carbocycles. The summed E-state index contributed by atoms with van der Waals surface area (Å²) in [4.78, 5) is 11.4. The minimum absolute atomic E-state index is 0.171. The Morgan fingerprint density at radius 2 is 2.06 bits per heavy atom.